The summed E-state index contributed by atoms with van der Waals surface area (Å²) in [5.41, 5.74) is 3.08. The second-order valence-electron chi connectivity index (χ2n) is 6.01. The Labute approximate surface area is 132 Å². The highest BCUT2D eigenvalue weighted by Gasteiger charge is 2.15. The lowest BCUT2D eigenvalue weighted by atomic mass is 9.98. The van der Waals surface area contributed by atoms with Gasteiger partial charge in [-0.05, 0) is 29.7 Å². The monoisotopic (exact) mass is 298 g/mol. The van der Waals surface area contributed by atoms with Crippen LogP contribution in [0.25, 0.3) is 0 Å². The van der Waals surface area contributed by atoms with Crippen molar-refractivity contribution in [2.75, 3.05) is 7.11 Å². The first-order valence-corrected chi connectivity index (χ1v) is 7.68. The van der Waals surface area contributed by atoms with E-state index in [0.29, 0.717) is 17.4 Å². The molecule has 0 bridgehead atoms. The lowest BCUT2D eigenvalue weighted by molar-refractivity contribution is -0.699. The fourth-order valence-electron chi connectivity index (χ4n) is 2.51. The first-order valence-electron chi connectivity index (χ1n) is 7.68. The van der Waals surface area contributed by atoms with Gasteiger partial charge in [-0.1, -0.05) is 32.9 Å². The van der Waals surface area contributed by atoms with Crippen molar-refractivity contribution in [1.82, 2.24) is 0 Å². The molecule has 1 atom stereocenters. The van der Waals surface area contributed by atoms with Crippen molar-refractivity contribution in [2.24, 2.45) is 0 Å². The highest BCUT2D eigenvalue weighted by Crippen LogP contribution is 2.18. The van der Waals surface area contributed by atoms with Crippen LogP contribution in [0.4, 0.5) is 0 Å². The molecule has 116 valence electrons. The van der Waals surface area contributed by atoms with Gasteiger partial charge in [-0.3, -0.25) is 0 Å². The van der Waals surface area contributed by atoms with Crippen LogP contribution in [0.5, 0.6) is 0 Å². The molecule has 3 heteroatoms. The minimum Gasteiger partial charge on any atom is -0.465 e. The van der Waals surface area contributed by atoms with Crippen LogP contribution in [0, 0.1) is 0 Å². The van der Waals surface area contributed by atoms with Crippen LogP contribution in [0.2, 0.25) is 0 Å². The smallest absolute Gasteiger partial charge is 0.337 e. The number of pyridine rings is 1. The fraction of sp³-hybridized carbons (Fsp3) is 0.368. The predicted molar refractivity (Wildman–Crippen MR) is 86.9 cm³/mol. The average molecular weight is 298 g/mol. The molecule has 2 rings (SSSR count). The molecular formula is C19H24NO2+. The second kappa shape index (κ2) is 7.21. The summed E-state index contributed by atoms with van der Waals surface area (Å²) in [6.07, 6.45) is 4.29. The maximum absolute atomic E-state index is 11.6. The van der Waals surface area contributed by atoms with Gasteiger partial charge in [0.1, 0.15) is 0 Å². The van der Waals surface area contributed by atoms with E-state index in [1.54, 1.807) is 6.07 Å². The van der Waals surface area contributed by atoms with Crippen molar-refractivity contribution in [2.45, 2.75) is 39.2 Å². The molecule has 0 aliphatic heterocycles. The van der Waals surface area contributed by atoms with Crippen LogP contribution in [0.1, 0.15) is 54.1 Å². The van der Waals surface area contributed by atoms with E-state index in [9.17, 15) is 4.79 Å². The topological polar surface area (TPSA) is 30.2 Å². The number of rotatable bonds is 5. The van der Waals surface area contributed by atoms with Crippen LogP contribution >= 0.6 is 0 Å². The van der Waals surface area contributed by atoms with Crippen molar-refractivity contribution >= 4 is 5.97 Å². The van der Waals surface area contributed by atoms with Crippen molar-refractivity contribution in [3.8, 4) is 0 Å². The quantitative estimate of drug-likeness (QED) is 0.622. The van der Waals surface area contributed by atoms with Gasteiger partial charge in [0.25, 0.3) is 0 Å². The third kappa shape index (κ3) is 3.94. The molecule has 1 aromatic carbocycles. The molecule has 0 saturated carbocycles. The number of aromatic nitrogens is 1. The normalized spacial score (nSPS) is 12.2. The molecule has 1 aromatic heterocycles. The molecular weight excluding hydrogens is 274 g/mol. The summed E-state index contributed by atoms with van der Waals surface area (Å²) in [6, 6.07) is 11.9. The Kier molecular flexibility index (Phi) is 5.31. The molecule has 2 aromatic rings. The largest absolute Gasteiger partial charge is 0.465 e. The third-order valence-electron chi connectivity index (χ3n) is 3.91. The first-order chi connectivity index (χ1) is 10.5. The van der Waals surface area contributed by atoms with Gasteiger partial charge in [0.2, 0.25) is 0 Å². The molecule has 1 unspecified atom stereocenters. The Morgan fingerprint density at radius 1 is 1.14 bits per heavy atom. The van der Waals surface area contributed by atoms with Gasteiger partial charge in [-0.2, -0.15) is 0 Å². The first kappa shape index (κ1) is 16.2. The molecule has 0 aliphatic rings. The summed E-state index contributed by atoms with van der Waals surface area (Å²) in [5, 5.41) is 0. The number of methoxy groups -OCH3 is 1. The zero-order chi connectivity index (χ0) is 16.1. The van der Waals surface area contributed by atoms with Gasteiger partial charge >= 0.3 is 5.97 Å². The summed E-state index contributed by atoms with van der Waals surface area (Å²) in [6.45, 7) is 7.45. The molecule has 3 nitrogen and oxygen atoms in total. The molecule has 0 fully saturated rings. The van der Waals surface area contributed by atoms with E-state index < -0.39 is 0 Å². The Morgan fingerprint density at radius 3 is 2.55 bits per heavy atom. The van der Waals surface area contributed by atoms with E-state index in [0.717, 1.165) is 12.1 Å². The van der Waals surface area contributed by atoms with E-state index in [2.05, 4.69) is 55.9 Å². The van der Waals surface area contributed by atoms with Crippen molar-refractivity contribution in [3.05, 3.63) is 65.5 Å². The standard InChI is InChI=1S/C19H24NO2/c1-14(2)18-9-6-10-20(13-18)12-15(3)16-7-5-8-17(11-16)19(21)22-4/h5-11,13-15H,12H2,1-4H3/q+1. The van der Waals surface area contributed by atoms with Crippen LogP contribution in [-0.4, -0.2) is 13.1 Å². The lowest BCUT2D eigenvalue weighted by Crippen LogP contribution is -2.36. The maximum atomic E-state index is 11.6. The zero-order valence-corrected chi connectivity index (χ0v) is 13.7. The number of esters is 1. The van der Waals surface area contributed by atoms with Crippen molar-refractivity contribution in [3.63, 3.8) is 0 Å². The van der Waals surface area contributed by atoms with Gasteiger partial charge in [-0.15, -0.1) is 0 Å². The Bertz CT molecular complexity index is 649. The van der Waals surface area contributed by atoms with Crippen molar-refractivity contribution in [1.29, 1.82) is 0 Å². The minimum absolute atomic E-state index is 0.288. The number of carbonyl (C=O) groups excluding carboxylic acids is 1. The summed E-state index contributed by atoms with van der Waals surface area (Å²) >= 11 is 0. The molecule has 0 N–H and O–H groups in total. The molecule has 0 amide bonds. The highest BCUT2D eigenvalue weighted by atomic mass is 16.5. The molecule has 0 aliphatic carbocycles. The Morgan fingerprint density at radius 2 is 1.86 bits per heavy atom. The summed E-state index contributed by atoms with van der Waals surface area (Å²) in [7, 11) is 1.41. The molecule has 22 heavy (non-hydrogen) atoms. The van der Waals surface area contributed by atoms with E-state index in [1.807, 2.05) is 12.1 Å². The minimum atomic E-state index is -0.288. The summed E-state index contributed by atoms with van der Waals surface area (Å²) in [5.74, 6) is 0.547. The van der Waals surface area contributed by atoms with Gasteiger partial charge < -0.3 is 4.74 Å². The van der Waals surface area contributed by atoms with E-state index in [4.69, 9.17) is 4.74 Å². The fourth-order valence-corrected chi connectivity index (χ4v) is 2.51. The highest BCUT2D eigenvalue weighted by molar-refractivity contribution is 5.89. The third-order valence-corrected chi connectivity index (χ3v) is 3.91. The number of hydrogen-bond donors (Lipinski definition) is 0. The van der Waals surface area contributed by atoms with E-state index in [1.165, 1.54) is 12.7 Å². The number of carbonyl (C=O) groups is 1. The SMILES string of the molecule is COC(=O)c1cccc(C(C)C[n+]2cccc(C(C)C)c2)c1. The second-order valence-corrected chi connectivity index (χ2v) is 6.01. The van der Waals surface area contributed by atoms with Gasteiger partial charge in [0.05, 0.1) is 12.7 Å². The van der Waals surface area contributed by atoms with Crippen molar-refractivity contribution < 1.29 is 14.1 Å². The zero-order valence-electron chi connectivity index (χ0n) is 13.7. The summed E-state index contributed by atoms with van der Waals surface area (Å²) in [4.78, 5) is 11.6. The van der Waals surface area contributed by atoms with Crippen LogP contribution in [0.15, 0.2) is 48.8 Å². The van der Waals surface area contributed by atoms with E-state index >= 15 is 0 Å². The Balaban J connectivity index is 2.17. The van der Waals surface area contributed by atoms with Gasteiger partial charge in [0, 0.05) is 17.5 Å². The van der Waals surface area contributed by atoms with Crippen LogP contribution in [-0.2, 0) is 11.3 Å². The Hall–Kier alpha value is -2.16. The number of hydrogen-bond acceptors (Lipinski definition) is 2. The average Bonchev–Trinajstić information content (AvgIpc) is 2.54. The predicted octanol–water partition coefficient (Wildman–Crippen LogP) is 3.69. The van der Waals surface area contributed by atoms with Crippen LogP contribution in [0.3, 0.4) is 0 Å². The number of benzene rings is 1. The summed E-state index contributed by atoms with van der Waals surface area (Å²) < 4.78 is 7.00. The number of nitrogens with zero attached hydrogens (tertiary/aromatic N) is 1. The lowest BCUT2D eigenvalue weighted by Gasteiger charge is -2.11. The molecule has 0 spiro atoms. The van der Waals surface area contributed by atoms with E-state index in [-0.39, 0.29) is 5.97 Å². The molecule has 0 radical (unpaired) electrons. The van der Waals surface area contributed by atoms with Gasteiger partial charge in [0.15, 0.2) is 18.9 Å². The molecule has 1 heterocycles. The van der Waals surface area contributed by atoms with Crippen LogP contribution < -0.4 is 4.57 Å². The molecule has 0 saturated heterocycles. The van der Waals surface area contributed by atoms with Gasteiger partial charge in [-0.25, -0.2) is 9.36 Å². The number of ether oxygens (including phenoxy) is 1. The maximum Gasteiger partial charge on any atom is 0.337 e.